The van der Waals surface area contributed by atoms with Gasteiger partial charge in [-0.3, -0.25) is 0 Å². The van der Waals surface area contributed by atoms with Gasteiger partial charge in [-0.25, -0.2) is 18.4 Å². The molecule has 0 aliphatic carbocycles. The highest BCUT2D eigenvalue weighted by Crippen LogP contribution is 2.24. The predicted molar refractivity (Wildman–Crippen MR) is 79.2 cm³/mol. The maximum absolute atomic E-state index is 11.7. The molecule has 1 aromatic carbocycles. The molecule has 6 nitrogen and oxygen atoms in total. The van der Waals surface area contributed by atoms with Gasteiger partial charge in [-0.05, 0) is 31.0 Å². The first kappa shape index (κ1) is 13.1. The van der Waals surface area contributed by atoms with Crippen LogP contribution in [0.2, 0.25) is 0 Å². The van der Waals surface area contributed by atoms with E-state index < -0.39 is 9.84 Å². The maximum atomic E-state index is 11.7. The Kier molecular flexibility index (Phi) is 3.21. The number of rotatable bonds is 2. The molecule has 1 atom stereocenters. The lowest BCUT2D eigenvalue weighted by Crippen LogP contribution is -2.35. The molecule has 1 saturated heterocycles. The van der Waals surface area contributed by atoms with Crippen LogP contribution in [0.3, 0.4) is 0 Å². The average molecular weight is 292 g/mol. The third-order valence-corrected chi connectivity index (χ3v) is 5.28. The number of nitrogens with two attached hydrogens (primary N) is 1. The fourth-order valence-corrected chi connectivity index (χ4v) is 4.16. The zero-order valence-electron chi connectivity index (χ0n) is 10.9. The molecule has 0 spiro atoms. The minimum Gasteiger partial charge on any atom is -0.399 e. The lowest BCUT2D eigenvalue weighted by atomic mass is 10.1. The van der Waals surface area contributed by atoms with Gasteiger partial charge < -0.3 is 11.1 Å². The molecule has 0 bridgehead atoms. The second-order valence-corrected chi connectivity index (χ2v) is 7.33. The Bertz CT molecular complexity index is 745. The zero-order chi connectivity index (χ0) is 14.2. The first-order chi connectivity index (χ1) is 9.53. The molecule has 1 fully saturated rings. The van der Waals surface area contributed by atoms with Crippen molar-refractivity contribution >= 4 is 32.2 Å². The van der Waals surface area contributed by atoms with Gasteiger partial charge in [-0.2, -0.15) is 0 Å². The minimum absolute atomic E-state index is 0.103. The number of nitrogens with zero attached hydrogens (tertiary/aromatic N) is 2. The van der Waals surface area contributed by atoms with Gasteiger partial charge in [-0.1, -0.05) is 0 Å². The minimum atomic E-state index is -2.94. The van der Waals surface area contributed by atoms with Crippen LogP contribution in [-0.4, -0.2) is 35.9 Å². The van der Waals surface area contributed by atoms with Gasteiger partial charge in [0.1, 0.15) is 12.1 Å². The van der Waals surface area contributed by atoms with Crippen LogP contribution in [0, 0.1) is 0 Å². The molecule has 20 heavy (non-hydrogen) atoms. The quantitative estimate of drug-likeness (QED) is 0.807. The summed E-state index contributed by atoms with van der Waals surface area (Å²) in [5.74, 6) is 1.08. The number of nitrogens with one attached hydrogen (secondary N) is 1. The summed E-state index contributed by atoms with van der Waals surface area (Å²) in [6, 6.07) is 5.31. The van der Waals surface area contributed by atoms with Crippen molar-refractivity contribution in [3.63, 3.8) is 0 Å². The monoisotopic (exact) mass is 292 g/mol. The van der Waals surface area contributed by atoms with E-state index in [-0.39, 0.29) is 17.5 Å². The molecule has 106 valence electrons. The maximum Gasteiger partial charge on any atom is 0.152 e. The summed E-state index contributed by atoms with van der Waals surface area (Å²) < 4.78 is 23.4. The van der Waals surface area contributed by atoms with E-state index in [4.69, 9.17) is 5.73 Å². The van der Waals surface area contributed by atoms with Crippen LogP contribution in [0.15, 0.2) is 24.5 Å². The molecule has 1 unspecified atom stereocenters. The normalized spacial score (nSPS) is 21.7. The topological polar surface area (TPSA) is 98.0 Å². The summed E-state index contributed by atoms with van der Waals surface area (Å²) in [6.07, 6.45) is 2.98. The highest BCUT2D eigenvalue weighted by molar-refractivity contribution is 7.91. The van der Waals surface area contributed by atoms with Crippen LogP contribution in [0.4, 0.5) is 11.5 Å². The molecular formula is C13H16N4O2S. The fourth-order valence-electron chi connectivity index (χ4n) is 2.52. The fraction of sp³-hybridized carbons (Fsp3) is 0.385. The van der Waals surface area contributed by atoms with E-state index in [0.717, 1.165) is 17.3 Å². The van der Waals surface area contributed by atoms with Crippen molar-refractivity contribution in [1.82, 2.24) is 9.97 Å². The lowest BCUT2D eigenvalue weighted by molar-refractivity contribution is 0.561. The van der Waals surface area contributed by atoms with Crippen molar-refractivity contribution in [1.29, 1.82) is 0 Å². The molecule has 1 aliphatic rings. The van der Waals surface area contributed by atoms with Crippen molar-refractivity contribution in [2.45, 2.75) is 18.9 Å². The van der Waals surface area contributed by atoms with Gasteiger partial charge in [0.05, 0.1) is 17.0 Å². The van der Waals surface area contributed by atoms with E-state index in [1.807, 2.05) is 6.07 Å². The number of hydrogen-bond acceptors (Lipinski definition) is 6. The highest BCUT2D eigenvalue weighted by atomic mass is 32.2. The van der Waals surface area contributed by atoms with Gasteiger partial charge in [0, 0.05) is 17.1 Å². The number of nitrogen functional groups attached to an aromatic ring is 1. The second kappa shape index (κ2) is 4.90. The summed E-state index contributed by atoms with van der Waals surface area (Å²) in [5.41, 5.74) is 7.21. The number of sulfone groups is 1. The average Bonchev–Trinajstić information content (AvgIpc) is 2.38. The molecule has 0 saturated carbocycles. The molecule has 3 N–H and O–H groups in total. The van der Waals surface area contributed by atoms with E-state index in [1.165, 1.54) is 6.33 Å². The standard InChI is InChI=1S/C13H16N4O2S/c14-9-3-4-12-11(6-9)13(16-8-15-12)17-10-2-1-5-20(18,19)7-10/h3-4,6,8,10H,1-2,5,7,14H2,(H,15,16,17). The number of anilines is 2. The van der Waals surface area contributed by atoms with Crippen LogP contribution in [0.25, 0.3) is 10.9 Å². The highest BCUT2D eigenvalue weighted by Gasteiger charge is 2.25. The van der Waals surface area contributed by atoms with Crippen LogP contribution in [-0.2, 0) is 9.84 Å². The molecule has 2 heterocycles. The van der Waals surface area contributed by atoms with Crippen molar-refractivity contribution in [3.8, 4) is 0 Å². The Hall–Kier alpha value is -1.89. The first-order valence-electron chi connectivity index (χ1n) is 6.51. The summed E-state index contributed by atoms with van der Waals surface area (Å²) in [5, 5.41) is 4.04. The number of hydrogen-bond donors (Lipinski definition) is 2. The Labute approximate surface area is 117 Å². The third kappa shape index (κ3) is 2.67. The van der Waals surface area contributed by atoms with Crippen molar-refractivity contribution in [2.75, 3.05) is 22.6 Å². The van der Waals surface area contributed by atoms with Crippen molar-refractivity contribution in [3.05, 3.63) is 24.5 Å². The summed E-state index contributed by atoms with van der Waals surface area (Å²) in [7, 11) is -2.94. The number of aromatic nitrogens is 2. The Balaban J connectivity index is 1.93. The van der Waals surface area contributed by atoms with E-state index in [1.54, 1.807) is 12.1 Å². The summed E-state index contributed by atoms with van der Waals surface area (Å²) in [6.45, 7) is 0. The third-order valence-electron chi connectivity index (χ3n) is 3.46. The van der Waals surface area contributed by atoms with Crippen LogP contribution in [0.5, 0.6) is 0 Å². The summed E-state index contributed by atoms with van der Waals surface area (Å²) in [4.78, 5) is 8.40. The molecular weight excluding hydrogens is 276 g/mol. The van der Waals surface area contributed by atoms with Gasteiger partial charge in [-0.15, -0.1) is 0 Å². The number of fused-ring (bicyclic) bond motifs is 1. The van der Waals surface area contributed by atoms with E-state index >= 15 is 0 Å². The van der Waals surface area contributed by atoms with Gasteiger partial charge >= 0.3 is 0 Å². The van der Waals surface area contributed by atoms with Gasteiger partial charge in [0.15, 0.2) is 9.84 Å². The second-order valence-electron chi connectivity index (χ2n) is 5.10. The zero-order valence-corrected chi connectivity index (χ0v) is 11.7. The number of benzene rings is 1. The SMILES string of the molecule is Nc1ccc2ncnc(NC3CCCS(=O)(=O)C3)c2c1. The largest absolute Gasteiger partial charge is 0.399 e. The molecule has 1 aromatic heterocycles. The van der Waals surface area contributed by atoms with Gasteiger partial charge in [0.25, 0.3) is 0 Å². The molecule has 0 radical (unpaired) electrons. The summed E-state index contributed by atoms with van der Waals surface area (Å²) >= 11 is 0. The van der Waals surface area contributed by atoms with Crippen LogP contribution >= 0.6 is 0 Å². The van der Waals surface area contributed by atoms with Crippen LogP contribution < -0.4 is 11.1 Å². The molecule has 2 aromatic rings. The Morgan fingerprint density at radius 1 is 1.30 bits per heavy atom. The predicted octanol–water partition coefficient (Wildman–Crippen LogP) is 1.20. The molecule has 3 rings (SSSR count). The van der Waals surface area contributed by atoms with Crippen molar-refractivity contribution in [2.24, 2.45) is 0 Å². The smallest absolute Gasteiger partial charge is 0.152 e. The Morgan fingerprint density at radius 3 is 2.95 bits per heavy atom. The molecule has 0 amide bonds. The van der Waals surface area contributed by atoms with E-state index in [9.17, 15) is 8.42 Å². The Morgan fingerprint density at radius 2 is 2.15 bits per heavy atom. The lowest BCUT2D eigenvalue weighted by Gasteiger charge is -2.23. The van der Waals surface area contributed by atoms with Crippen molar-refractivity contribution < 1.29 is 8.42 Å². The van der Waals surface area contributed by atoms with E-state index in [2.05, 4.69) is 15.3 Å². The molecule has 7 heteroatoms. The van der Waals surface area contributed by atoms with Gasteiger partial charge in [0.2, 0.25) is 0 Å². The van der Waals surface area contributed by atoms with Crippen LogP contribution in [0.1, 0.15) is 12.8 Å². The molecule has 1 aliphatic heterocycles. The van der Waals surface area contributed by atoms with E-state index in [0.29, 0.717) is 17.9 Å². The first-order valence-corrected chi connectivity index (χ1v) is 8.33.